The van der Waals surface area contributed by atoms with Crippen LogP contribution in [0.25, 0.3) is 0 Å². The zero-order valence-corrected chi connectivity index (χ0v) is 21.2. The molecular formula is C12F18Li3O10P. The number of alkyl halides is 18. The standard InChI is InChI=1S/C12H3F18O10P.3Li/c13-7(14,15)4(1(31)32,8(16,17)18)38-41(37,39-5(2(33)34,9(19,20)21)10(22,23)24)40-6(3(35)36,11(25,26)27)12(28,29)30;;;/h(H,31,32)(H,33,34)(H,35,36);;;/q;3*+1/p-3. The molecular weight excluding hydrogens is 698 g/mol. The van der Waals surface area contributed by atoms with E-state index < -0.39 is 79.6 Å². The van der Waals surface area contributed by atoms with Gasteiger partial charge in [-0.15, -0.1) is 0 Å². The topological polar surface area (TPSA) is 165 Å². The van der Waals surface area contributed by atoms with E-state index in [1.807, 2.05) is 13.6 Å². The number of phosphoric acid groups is 1. The summed E-state index contributed by atoms with van der Waals surface area (Å²) in [6.45, 7) is 0. The van der Waals surface area contributed by atoms with Crippen molar-refractivity contribution in [3.63, 3.8) is 0 Å². The van der Waals surface area contributed by atoms with Gasteiger partial charge in [0.15, 0.2) is 0 Å². The van der Waals surface area contributed by atoms with E-state index in [2.05, 4.69) is 0 Å². The Morgan fingerprint density at radius 1 is 0.386 bits per heavy atom. The summed E-state index contributed by atoms with van der Waals surface area (Å²) in [6, 6.07) is 0. The molecule has 0 unspecified atom stereocenters. The second kappa shape index (κ2) is 14.0. The quantitative estimate of drug-likeness (QED) is 0.128. The Bertz CT molecular complexity index is 918. The summed E-state index contributed by atoms with van der Waals surface area (Å²) in [5.41, 5.74) is -23.8. The second-order valence-electron chi connectivity index (χ2n) is 6.61. The van der Waals surface area contributed by atoms with Crippen LogP contribution in [0.15, 0.2) is 0 Å². The molecule has 0 aromatic carbocycles. The van der Waals surface area contributed by atoms with Crippen LogP contribution in [-0.2, 0) is 32.5 Å². The molecule has 242 valence electrons. The van der Waals surface area contributed by atoms with Gasteiger partial charge in [-0.1, -0.05) is 0 Å². The molecule has 0 aromatic rings. The third kappa shape index (κ3) is 8.30. The van der Waals surface area contributed by atoms with Crippen LogP contribution in [0.5, 0.6) is 0 Å². The number of carbonyl (C=O) groups excluding carboxylic acids is 3. The first-order chi connectivity index (χ1) is 17.5. The molecule has 10 nitrogen and oxygen atoms in total. The maximum atomic E-state index is 13.1. The molecule has 44 heavy (non-hydrogen) atoms. The van der Waals surface area contributed by atoms with Gasteiger partial charge in [-0.05, 0) is 0 Å². The van der Waals surface area contributed by atoms with Crippen molar-refractivity contribution in [1.82, 2.24) is 0 Å². The summed E-state index contributed by atoms with van der Waals surface area (Å²) in [7, 11) is -9.91. The normalized spacial score (nSPS) is 14.5. The van der Waals surface area contributed by atoms with Crippen LogP contribution >= 0.6 is 7.82 Å². The van der Waals surface area contributed by atoms with Crippen molar-refractivity contribution in [2.75, 3.05) is 0 Å². The van der Waals surface area contributed by atoms with Gasteiger partial charge in [0.1, 0.15) is 0 Å². The summed E-state index contributed by atoms with van der Waals surface area (Å²) >= 11 is 0. The minimum atomic E-state index is -9.91. The van der Waals surface area contributed by atoms with Crippen LogP contribution in [0.1, 0.15) is 0 Å². The first-order valence-electron chi connectivity index (χ1n) is 8.22. The van der Waals surface area contributed by atoms with E-state index in [1.165, 1.54) is 0 Å². The van der Waals surface area contributed by atoms with Gasteiger partial charge in [-0.25, -0.2) is 4.57 Å². The van der Waals surface area contributed by atoms with Crippen molar-refractivity contribution in [3.8, 4) is 0 Å². The van der Waals surface area contributed by atoms with Gasteiger partial charge < -0.3 is 29.7 Å². The van der Waals surface area contributed by atoms with Crippen molar-refractivity contribution >= 4 is 25.7 Å². The predicted octanol–water partition coefficient (Wildman–Crippen LogP) is -8.00. The van der Waals surface area contributed by atoms with Gasteiger partial charge in [0.2, 0.25) is 0 Å². The number of carbonyl (C=O) groups is 3. The van der Waals surface area contributed by atoms with Crippen LogP contribution in [-0.4, -0.2) is 71.8 Å². The first-order valence-corrected chi connectivity index (χ1v) is 9.68. The van der Waals surface area contributed by atoms with Crippen LogP contribution in [0.2, 0.25) is 0 Å². The minimum Gasteiger partial charge on any atom is -0.546 e. The Labute approximate surface area is 262 Å². The van der Waals surface area contributed by atoms with Gasteiger partial charge in [0.05, 0.1) is 17.9 Å². The van der Waals surface area contributed by atoms with Gasteiger partial charge in [0, 0.05) is 0 Å². The molecule has 0 atom stereocenters. The number of aliphatic carboxylic acids is 3. The number of carboxylic acids is 3. The molecule has 0 aromatic heterocycles. The second-order valence-corrected chi connectivity index (χ2v) is 8.06. The maximum Gasteiger partial charge on any atom is 1.00 e. The molecule has 0 N–H and O–H groups in total. The van der Waals surface area contributed by atoms with E-state index in [4.69, 9.17) is 0 Å². The number of phosphoric ester groups is 1. The molecule has 0 fully saturated rings. The number of hydrogen-bond acceptors (Lipinski definition) is 10. The fraction of sp³-hybridized carbons (Fsp3) is 0.750. The molecule has 32 heteroatoms. The van der Waals surface area contributed by atoms with Crippen LogP contribution in [0, 0.1) is 0 Å². The van der Waals surface area contributed by atoms with Crippen molar-refractivity contribution in [1.29, 1.82) is 0 Å². The van der Waals surface area contributed by atoms with Crippen molar-refractivity contribution < 1.29 is 183 Å². The van der Waals surface area contributed by atoms with E-state index in [0.29, 0.717) is 0 Å². The van der Waals surface area contributed by atoms with Crippen LogP contribution in [0.4, 0.5) is 79.0 Å². The minimum absolute atomic E-state index is 0. The van der Waals surface area contributed by atoms with Crippen molar-refractivity contribution in [3.05, 3.63) is 0 Å². The Morgan fingerprint density at radius 2 is 0.500 bits per heavy atom. The molecule has 0 saturated heterocycles. The van der Waals surface area contributed by atoms with E-state index in [0.717, 1.165) is 0 Å². The molecule has 0 aliphatic rings. The fourth-order valence-corrected chi connectivity index (χ4v) is 4.12. The summed E-state index contributed by atoms with van der Waals surface area (Å²) in [5, 5.41) is 32.2. The molecule has 0 amide bonds. The molecule has 0 aliphatic carbocycles. The van der Waals surface area contributed by atoms with E-state index in [9.17, 15) is 113 Å². The predicted molar refractivity (Wildman–Crippen MR) is 70.4 cm³/mol. The summed E-state index contributed by atoms with van der Waals surface area (Å²) < 4.78 is 254. The van der Waals surface area contributed by atoms with Crippen LogP contribution < -0.4 is 71.9 Å². The molecule has 0 saturated carbocycles. The monoisotopic (exact) mass is 698 g/mol. The summed E-state index contributed by atoms with van der Waals surface area (Å²) in [6.07, 6.45) is -48.7. The summed E-state index contributed by atoms with van der Waals surface area (Å²) in [4.78, 5) is 32.2. The van der Waals surface area contributed by atoms with Gasteiger partial charge in [-0.2, -0.15) is 79.0 Å². The van der Waals surface area contributed by atoms with Crippen LogP contribution in [0.3, 0.4) is 0 Å². The Morgan fingerprint density at radius 3 is 0.568 bits per heavy atom. The summed E-state index contributed by atoms with van der Waals surface area (Å²) in [5.74, 6) is -15.5. The zero-order chi connectivity index (χ0) is 33.9. The van der Waals surface area contributed by atoms with E-state index in [-0.39, 0.29) is 56.6 Å². The SMILES string of the molecule is O=C([O-])C(OP(=O)(OC(C(=O)[O-])(C(F)(F)F)C(F)(F)F)OC(C(=O)[O-])(C(F)(F)F)C(F)(F)F)(C(F)(F)F)C(F)(F)F.[Li+].[Li+].[Li+]. The molecule has 0 heterocycles. The van der Waals surface area contributed by atoms with Gasteiger partial charge in [0.25, 0.3) is 0 Å². The Kier molecular flexibility index (Phi) is 15.9. The van der Waals surface area contributed by atoms with Crippen molar-refractivity contribution in [2.45, 2.75) is 53.9 Å². The Balaban J connectivity index is -0.00000267. The third-order valence-electron chi connectivity index (χ3n) is 4.00. The maximum absolute atomic E-state index is 13.1. The largest absolute Gasteiger partial charge is 1.00 e. The van der Waals surface area contributed by atoms with Gasteiger partial charge in [-0.3, -0.25) is 13.6 Å². The molecule has 0 spiro atoms. The molecule has 0 rings (SSSR count). The third-order valence-corrected chi connectivity index (χ3v) is 5.50. The molecule has 0 aliphatic heterocycles. The molecule has 0 radical (unpaired) electrons. The Hall–Kier alpha value is -0.948. The number of rotatable bonds is 9. The fourth-order valence-electron chi connectivity index (χ4n) is 2.16. The number of hydrogen-bond donors (Lipinski definition) is 0. The first kappa shape index (κ1) is 49.9. The number of halogens is 18. The van der Waals surface area contributed by atoms with Gasteiger partial charge >= 0.3 is 118 Å². The average molecular weight is 698 g/mol. The average Bonchev–Trinajstić information content (AvgIpc) is 2.61. The number of carboxylic acid groups (broad SMARTS) is 3. The smallest absolute Gasteiger partial charge is 0.546 e. The van der Waals surface area contributed by atoms with Crippen molar-refractivity contribution in [2.24, 2.45) is 0 Å². The molecule has 0 bridgehead atoms. The van der Waals surface area contributed by atoms with E-state index >= 15 is 0 Å². The zero-order valence-electron chi connectivity index (χ0n) is 20.3. The van der Waals surface area contributed by atoms with E-state index in [1.54, 1.807) is 0 Å².